The van der Waals surface area contributed by atoms with Crippen LogP contribution in [0, 0.1) is 5.92 Å². The molecule has 2 atom stereocenters. The van der Waals surface area contributed by atoms with E-state index < -0.39 is 6.04 Å². The largest absolute Gasteiger partial charge is 0.395 e. The van der Waals surface area contributed by atoms with Crippen LogP contribution in [-0.2, 0) is 4.79 Å². The van der Waals surface area contributed by atoms with Gasteiger partial charge >= 0.3 is 0 Å². The van der Waals surface area contributed by atoms with Crippen LogP contribution in [0.15, 0.2) is 0 Å². The molecule has 0 saturated heterocycles. The molecule has 0 aliphatic heterocycles. The molecule has 4 heteroatoms. The predicted octanol–water partition coefficient (Wildman–Crippen LogP) is 1.37. The average molecular weight is 244 g/mol. The number of carbonyl (C=O) groups excluding carboxylic acids is 1. The molecule has 0 radical (unpaired) electrons. The molecule has 0 spiro atoms. The van der Waals surface area contributed by atoms with Crippen molar-refractivity contribution in [2.24, 2.45) is 11.7 Å². The number of nitrogens with zero attached hydrogens (tertiary/aromatic N) is 1. The van der Waals surface area contributed by atoms with Crippen molar-refractivity contribution in [2.45, 2.75) is 59.0 Å². The summed E-state index contributed by atoms with van der Waals surface area (Å²) in [4.78, 5) is 14.0. The molecule has 102 valence electrons. The van der Waals surface area contributed by atoms with Gasteiger partial charge in [-0.3, -0.25) is 4.79 Å². The van der Waals surface area contributed by atoms with E-state index in [0.717, 1.165) is 19.3 Å². The van der Waals surface area contributed by atoms with Crippen molar-refractivity contribution in [3.63, 3.8) is 0 Å². The average Bonchev–Trinajstić information content (AvgIpc) is 2.36. The number of hydrogen-bond donors (Lipinski definition) is 2. The van der Waals surface area contributed by atoms with Gasteiger partial charge in [-0.05, 0) is 18.8 Å². The number of rotatable bonds is 8. The zero-order valence-corrected chi connectivity index (χ0v) is 11.6. The number of carbonyl (C=O) groups is 1. The van der Waals surface area contributed by atoms with E-state index in [1.165, 1.54) is 0 Å². The summed E-state index contributed by atoms with van der Waals surface area (Å²) in [5, 5.41) is 9.07. The predicted molar refractivity (Wildman–Crippen MR) is 70.6 cm³/mol. The van der Waals surface area contributed by atoms with Crippen molar-refractivity contribution in [1.29, 1.82) is 0 Å². The van der Waals surface area contributed by atoms with Crippen LogP contribution in [0.3, 0.4) is 0 Å². The minimum absolute atomic E-state index is 0.00450. The van der Waals surface area contributed by atoms with Gasteiger partial charge in [-0.15, -0.1) is 0 Å². The molecule has 0 aromatic heterocycles. The van der Waals surface area contributed by atoms with Gasteiger partial charge in [-0.2, -0.15) is 0 Å². The molecular formula is C13H28N2O2. The highest BCUT2D eigenvalue weighted by molar-refractivity contribution is 5.82. The summed E-state index contributed by atoms with van der Waals surface area (Å²) in [6, 6.07) is -0.267. The van der Waals surface area contributed by atoms with E-state index in [4.69, 9.17) is 10.8 Å². The monoisotopic (exact) mass is 244 g/mol. The Morgan fingerprint density at radius 1 is 1.24 bits per heavy atom. The summed E-state index contributed by atoms with van der Waals surface area (Å²) in [6.45, 7) is 8.52. The maximum Gasteiger partial charge on any atom is 0.240 e. The second-order valence-electron chi connectivity index (χ2n) is 4.64. The Kier molecular flexibility index (Phi) is 8.17. The zero-order chi connectivity index (χ0) is 13.4. The summed E-state index contributed by atoms with van der Waals surface area (Å²) in [5.74, 6) is 0.153. The van der Waals surface area contributed by atoms with E-state index >= 15 is 0 Å². The Morgan fingerprint density at radius 3 is 2.12 bits per heavy atom. The van der Waals surface area contributed by atoms with Crippen molar-refractivity contribution in [3.8, 4) is 0 Å². The highest BCUT2D eigenvalue weighted by atomic mass is 16.3. The van der Waals surface area contributed by atoms with Crippen LogP contribution in [-0.4, -0.2) is 41.1 Å². The summed E-state index contributed by atoms with van der Waals surface area (Å²) >= 11 is 0. The first kappa shape index (κ1) is 16.4. The minimum atomic E-state index is -0.452. The van der Waals surface area contributed by atoms with Crippen LogP contribution in [0.4, 0.5) is 0 Å². The van der Waals surface area contributed by atoms with Crippen LogP contribution in [0.25, 0.3) is 0 Å². The Bertz CT molecular complexity index is 217. The lowest BCUT2D eigenvalue weighted by Gasteiger charge is -2.33. The summed E-state index contributed by atoms with van der Waals surface area (Å²) in [5.41, 5.74) is 5.98. The van der Waals surface area contributed by atoms with Gasteiger partial charge < -0.3 is 15.7 Å². The minimum Gasteiger partial charge on any atom is -0.395 e. The Hall–Kier alpha value is -0.610. The molecule has 0 rings (SSSR count). The van der Waals surface area contributed by atoms with E-state index in [1.807, 2.05) is 13.8 Å². The topological polar surface area (TPSA) is 66.6 Å². The molecule has 0 aliphatic carbocycles. The van der Waals surface area contributed by atoms with Crippen LogP contribution in [0.2, 0.25) is 0 Å². The molecule has 0 saturated carbocycles. The highest BCUT2D eigenvalue weighted by Crippen LogP contribution is 2.14. The first-order valence-corrected chi connectivity index (χ1v) is 6.70. The lowest BCUT2D eigenvalue weighted by molar-refractivity contribution is -0.136. The fourth-order valence-corrected chi connectivity index (χ4v) is 2.00. The van der Waals surface area contributed by atoms with Crippen LogP contribution in [0.1, 0.15) is 47.0 Å². The molecule has 0 aliphatic rings. The van der Waals surface area contributed by atoms with Gasteiger partial charge in [0, 0.05) is 12.6 Å². The summed E-state index contributed by atoms with van der Waals surface area (Å²) in [6.07, 6.45) is 2.69. The van der Waals surface area contributed by atoms with Crippen molar-refractivity contribution < 1.29 is 9.90 Å². The van der Waals surface area contributed by atoms with Crippen molar-refractivity contribution in [1.82, 2.24) is 4.90 Å². The number of hydrogen-bond acceptors (Lipinski definition) is 3. The molecule has 3 N–H and O–H groups in total. The first-order chi connectivity index (χ1) is 8.03. The van der Waals surface area contributed by atoms with E-state index in [0.29, 0.717) is 6.54 Å². The van der Waals surface area contributed by atoms with E-state index in [1.54, 1.807) is 4.90 Å². The summed E-state index contributed by atoms with van der Waals surface area (Å²) < 4.78 is 0. The van der Waals surface area contributed by atoms with Crippen LogP contribution >= 0.6 is 0 Å². The number of aliphatic hydroxyl groups excluding tert-OH is 1. The second-order valence-corrected chi connectivity index (χ2v) is 4.64. The smallest absolute Gasteiger partial charge is 0.240 e. The van der Waals surface area contributed by atoms with Crippen LogP contribution < -0.4 is 5.73 Å². The number of amides is 1. The molecule has 17 heavy (non-hydrogen) atoms. The molecule has 0 unspecified atom stereocenters. The van der Waals surface area contributed by atoms with Gasteiger partial charge in [0.25, 0.3) is 0 Å². The second kappa shape index (κ2) is 8.48. The van der Waals surface area contributed by atoms with Gasteiger partial charge in [-0.25, -0.2) is 0 Å². The van der Waals surface area contributed by atoms with E-state index in [9.17, 15) is 4.79 Å². The lowest BCUT2D eigenvalue weighted by atomic mass is 9.97. The normalized spacial score (nSPS) is 14.8. The molecule has 1 amide bonds. The van der Waals surface area contributed by atoms with E-state index in [2.05, 4.69) is 13.8 Å². The van der Waals surface area contributed by atoms with Gasteiger partial charge in [-0.1, -0.05) is 34.1 Å². The van der Waals surface area contributed by atoms with Crippen molar-refractivity contribution in [3.05, 3.63) is 0 Å². The summed E-state index contributed by atoms with van der Waals surface area (Å²) in [7, 11) is 0. The third kappa shape index (κ3) is 4.64. The number of aliphatic hydroxyl groups is 1. The Morgan fingerprint density at radius 2 is 1.76 bits per heavy atom. The SMILES string of the molecule is CCC(CC)N(CCO)C(=O)[C@@H](N)[C@@H](C)CC. The first-order valence-electron chi connectivity index (χ1n) is 6.70. The van der Waals surface area contributed by atoms with Gasteiger partial charge in [0.1, 0.15) is 0 Å². The van der Waals surface area contributed by atoms with Gasteiger partial charge in [0.15, 0.2) is 0 Å². The number of nitrogens with two attached hydrogens (primary N) is 1. The van der Waals surface area contributed by atoms with Gasteiger partial charge in [0.05, 0.1) is 12.6 Å². The fourth-order valence-electron chi connectivity index (χ4n) is 2.00. The Balaban J connectivity index is 4.74. The van der Waals surface area contributed by atoms with Crippen molar-refractivity contribution in [2.75, 3.05) is 13.2 Å². The molecule has 0 bridgehead atoms. The molecule has 0 aromatic rings. The van der Waals surface area contributed by atoms with E-state index in [-0.39, 0.29) is 24.5 Å². The standard InChI is InChI=1S/C13H28N2O2/c1-5-10(4)12(14)13(17)15(8-9-16)11(6-2)7-3/h10-12,16H,5-9,14H2,1-4H3/t10-,12-/m0/s1. The molecule has 0 heterocycles. The molecular weight excluding hydrogens is 216 g/mol. The molecule has 4 nitrogen and oxygen atoms in total. The fraction of sp³-hybridized carbons (Fsp3) is 0.923. The van der Waals surface area contributed by atoms with Crippen molar-refractivity contribution >= 4 is 5.91 Å². The van der Waals surface area contributed by atoms with Crippen LogP contribution in [0.5, 0.6) is 0 Å². The van der Waals surface area contributed by atoms with Gasteiger partial charge in [0.2, 0.25) is 5.91 Å². The maximum absolute atomic E-state index is 12.3. The maximum atomic E-state index is 12.3. The quantitative estimate of drug-likeness (QED) is 0.677. The third-order valence-corrected chi connectivity index (χ3v) is 3.55. The lowest BCUT2D eigenvalue weighted by Crippen LogP contribution is -2.51. The highest BCUT2D eigenvalue weighted by Gasteiger charge is 2.28. The zero-order valence-electron chi connectivity index (χ0n) is 11.6. The third-order valence-electron chi connectivity index (χ3n) is 3.55. The molecule has 0 fully saturated rings. The molecule has 0 aromatic carbocycles. The Labute approximate surface area is 105 Å².